The van der Waals surface area contributed by atoms with Gasteiger partial charge in [-0.15, -0.1) is 0 Å². The van der Waals surface area contributed by atoms with Crippen LogP contribution in [0.25, 0.3) is 11.0 Å². The maximum absolute atomic E-state index is 5.46. The largest absolute Gasteiger partial charge is 0.331 e. The van der Waals surface area contributed by atoms with Crippen LogP contribution in [0.5, 0.6) is 0 Å². The maximum atomic E-state index is 5.46. The fourth-order valence-electron chi connectivity index (χ4n) is 3.03. The molecule has 0 saturated carbocycles. The second-order valence-corrected chi connectivity index (χ2v) is 5.82. The molecule has 3 rings (SSSR count). The summed E-state index contributed by atoms with van der Waals surface area (Å²) in [5.74, 6) is 0.758. The highest BCUT2D eigenvalue weighted by Crippen LogP contribution is 2.22. The molecule has 0 amide bonds. The lowest BCUT2D eigenvalue weighted by molar-refractivity contribution is 0.181. The second kappa shape index (κ2) is 5.47. The van der Waals surface area contributed by atoms with Gasteiger partial charge in [-0.3, -0.25) is 0 Å². The van der Waals surface area contributed by atoms with Gasteiger partial charge in [0.05, 0.1) is 11.0 Å². The number of benzene rings is 1. The molecule has 3 nitrogen and oxygen atoms in total. The highest BCUT2D eigenvalue weighted by atomic mass is 32.1. The maximum Gasteiger partial charge on any atom is 0.178 e. The van der Waals surface area contributed by atoms with Crippen LogP contribution in [-0.2, 0) is 6.54 Å². The van der Waals surface area contributed by atoms with E-state index in [2.05, 4.69) is 45.6 Å². The average molecular weight is 275 g/mol. The summed E-state index contributed by atoms with van der Waals surface area (Å²) in [6.07, 6.45) is 2.57. The number of para-hydroxylation sites is 2. The molecule has 1 aromatic heterocycles. The van der Waals surface area contributed by atoms with E-state index in [1.54, 1.807) is 0 Å². The van der Waals surface area contributed by atoms with Crippen molar-refractivity contribution in [3.63, 3.8) is 0 Å². The van der Waals surface area contributed by atoms with E-state index in [0.29, 0.717) is 0 Å². The Kier molecular flexibility index (Phi) is 3.71. The highest BCUT2D eigenvalue weighted by molar-refractivity contribution is 7.71. The number of aromatic amines is 1. The Balaban J connectivity index is 1.79. The third-order valence-electron chi connectivity index (χ3n) is 4.28. The molecule has 2 heterocycles. The predicted octanol–water partition coefficient (Wildman–Crippen LogP) is 3.43. The topological polar surface area (TPSA) is 24.0 Å². The van der Waals surface area contributed by atoms with E-state index in [0.717, 1.165) is 22.8 Å². The van der Waals surface area contributed by atoms with Crippen LogP contribution in [0.2, 0.25) is 0 Å². The van der Waals surface area contributed by atoms with Crippen LogP contribution < -0.4 is 0 Å². The van der Waals surface area contributed by atoms with E-state index in [1.165, 1.54) is 38.0 Å². The van der Waals surface area contributed by atoms with Crippen LogP contribution in [0.1, 0.15) is 19.8 Å². The van der Waals surface area contributed by atoms with Gasteiger partial charge in [0.1, 0.15) is 0 Å². The standard InChI is InChI=1S/C15H21N3S/c1-2-17-9-7-12(8-10-17)11-18-14-6-4-3-5-13(14)16-15(18)19/h3-6,12H,2,7-11H2,1H3,(H,16,19). The molecule has 0 bridgehead atoms. The van der Waals surface area contributed by atoms with Crippen molar-refractivity contribution in [2.75, 3.05) is 19.6 Å². The first-order valence-corrected chi connectivity index (χ1v) is 7.58. The van der Waals surface area contributed by atoms with E-state index >= 15 is 0 Å². The summed E-state index contributed by atoms with van der Waals surface area (Å²) in [4.78, 5) is 5.84. The quantitative estimate of drug-likeness (QED) is 0.868. The van der Waals surface area contributed by atoms with Crippen molar-refractivity contribution in [1.82, 2.24) is 14.5 Å². The van der Waals surface area contributed by atoms with Crippen LogP contribution in [0.4, 0.5) is 0 Å². The van der Waals surface area contributed by atoms with Crippen LogP contribution in [0.15, 0.2) is 24.3 Å². The van der Waals surface area contributed by atoms with Crippen LogP contribution in [0, 0.1) is 10.7 Å². The molecule has 1 saturated heterocycles. The van der Waals surface area contributed by atoms with Crippen LogP contribution in [-0.4, -0.2) is 34.1 Å². The van der Waals surface area contributed by atoms with Crippen molar-refractivity contribution >= 4 is 23.3 Å². The number of hydrogen-bond acceptors (Lipinski definition) is 2. The number of rotatable bonds is 3. The van der Waals surface area contributed by atoms with E-state index in [-0.39, 0.29) is 0 Å². The SMILES string of the molecule is CCN1CCC(Cn2c(=S)[nH]c3ccccc32)CC1. The predicted molar refractivity (Wildman–Crippen MR) is 82.0 cm³/mol. The number of nitrogens with zero attached hydrogens (tertiary/aromatic N) is 2. The zero-order valence-corrected chi connectivity index (χ0v) is 12.2. The Bertz CT molecular complexity index is 605. The summed E-state index contributed by atoms with van der Waals surface area (Å²) >= 11 is 5.46. The first-order valence-electron chi connectivity index (χ1n) is 7.18. The van der Waals surface area contributed by atoms with Crippen LogP contribution in [0.3, 0.4) is 0 Å². The van der Waals surface area contributed by atoms with E-state index in [1.807, 2.05) is 0 Å². The Morgan fingerprint density at radius 2 is 2.00 bits per heavy atom. The Morgan fingerprint density at radius 1 is 1.26 bits per heavy atom. The summed E-state index contributed by atoms with van der Waals surface area (Å²) < 4.78 is 3.14. The van der Waals surface area contributed by atoms with Gasteiger partial charge in [0.25, 0.3) is 0 Å². The Morgan fingerprint density at radius 3 is 2.74 bits per heavy atom. The van der Waals surface area contributed by atoms with Crippen molar-refractivity contribution in [2.45, 2.75) is 26.3 Å². The average Bonchev–Trinajstić information content (AvgIpc) is 2.76. The molecule has 0 radical (unpaired) electrons. The molecule has 1 aliphatic rings. The summed E-state index contributed by atoms with van der Waals surface area (Å²) in [5, 5.41) is 0. The number of aromatic nitrogens is 2. The Labute approximate surface area is 119 Å². The van der Waals surface area contributed by atoms with Gasteiger partial charge >= 0.3 is 0 Å². The van der Waals surface area contributed by atoms with Crippen molar-refractivity contribution in [2.24, 2.45) is 5.92 Å². The molecule has 1 aromatic carbocycles. The van der Waals surface area contributed by atoms with Crippen LogP contribution >= 0.6 is 12.2 Å². The van der Waals surface area contributed by atoms with Gasteiger partial charge in [-0.05, 0) is 62.7 Å². The first kappa shape index (κ1) is 12.9. The summed E-state index contributed by atoms with van der Waals surface area (Å²) in [7, 11) is 0. The molecule has 1 aliphatic heterocycles. The molecule has 0 aliphatic carbocycles. The number of nitrogens with one attached hydrogen (secondary N) is 1. The summed E-state index contributed by atoms with van der Waals surface area (Å²) in [6, 6.07) is 8.39. The number of H-pyrrole nitrogens is 1. The molecule has 0 spiro atoms. The molecule has 2 aromatic rings. The smallest absolute Gasteiger partial charge is 0.178 e. The van der Waals surface area contributed by atoms with Gasteiger partial charge in [-0.1, -0.05) is 19.1 Å². The lowest BCUT2D eigenvalue weighted by atomic mass is 9.97. The fourth-order valence-corrected chi connectivity index (χ4v) is 3.31. The molecule has 4 heteroatoms. The minimum Gasteiger partial charge on any atom is -0.331 e. The lowest BCUT2D eigenvalue weighted by Gasteiger charge is -2.31. The van der Waals surface area contributed by atoms with Gasteiger partial charge in [0.2, 0.25) is 0 Å². The van der Waals surface area contributed by atoms with E-state index < -0.39 is 0 Å². The normalized spacial score (nSPS) is 18.2. The van der Waals surface area contributed by atoms with Gasteiger partial charge in [0.15, 0.2) is 4.77 Å². The monoisotopic (exact) mass is 275 g/mol. The van der Waals surface area contributed by atoms with Crippen molar-refractivity contribution in [1.29, 1.82) is 0 Å². The molecule has 0 unspecified atom stereocenters. The van der Waals surface area contributed by atoms with Gasteiger partial charge in [0, 0.05) is 6.54 Å². The third-order valence-corrected chi connectivity index (χ3v) is 4.60. The van der Waals surface area contributed by atoms with Gasteiger partial charge < -0.3 is 14.5 Å². The van der Waals surface area contributed by atoms with Gasteiger partial charge in [-0.2, -0.15) is 0 Å². The van der Waals surface area contributed by atoms with Crippen molar-refractivity contribution in [3.8, 4) is 0 Å². The molecule has 19 heavy (non-hydrogen) atoms. The van der Waals surface area contributed by atoms with Gasteiger partial charge in [-0.25, -0.2) is 0 Å². The number of fused-ring (bicyclic) bond motifs is 1. The Hall–Kier alpha value is -1.13. The number of imidazole rings is 1. The second-order valence-electron chi connectivity index (χ2n) is 5.44. The summed E-state index contributed by atoms with van der Waals surface area (Å²) in [5.41, 5.74) is 2.39. The molecule has 0 atom stereocenters. The molecule has 1 N–H and O–H groups in total. The van der Waals surface area contributed by atoms with Crippen molar-refractivity contribution in [3.05, 3.63) is 29.0 Å². The first-order chi connectivity index (χ1) is 9.28. The molecule has 102 valence electrons. The molecular weight excluding hydrogens is 254 g/mol. The van der Waals surface area contributed by atoms with E-state index in [4.69, 9.17) is 12.2 Å². The fraction of sp³-hybridized carbons (Fsp3) is 0.533. The third kappa shape index (κ3) is 2.60. The molecular formula is C15H21N3S. The summed E-state index contributed by atoms with van der Waals surface area (Å²) in [6.45, 7) is 6.95. The lowest BCUT2D eigenvalue weighted by Crippen LogP contribution is -2.34. The number of hydrogen-bond donors (Lipinski definition) is 1. The van der Waals surface area contributed by atoms with Crippen molar-refractivity contribution < 1.29 is 0 Å². The number of likely N-dealkylation sites (tertiary alicyclic amines) is 1. The minimum atomic E-state index is 0.758. The zero-order chi connectivity index (χ0) is 13.2. The number of piperidine rings is 1. The molecule has 1 fully saturated rings. The van der Waals surface area contributed by atoms with E-state index in [9.17, 15) is 0 Å². The zero-order valence-electron chi connectivity index (χ0n) is 11.4. The minimum absolute atomic E-state index is 0.758. The highest BCUT2D eigenvalue weighted by Gasteiger charge is 2.19.